The third-order valence-electron chi connectivity index (χ3n) is 20.4. The van der Waals surface area contributed by atoms with E-state index in [-0.39, 0.29) is 25.7 Å². The summed E-state index contributed by atoms with van der Waals surface area (Å²) in [7, 11) is -9.93. The van der Waals surface area contributed by atoms with Gasteiger partial charge in [-0.2, -0.15) is 0 Å². The maximum atomic E-state index is 13.1. The minimum Gasteiger partial charge on any atom is -0.462 e. The summed E-state index contributed by atoms with van der Waals surface area (Å²) in [6.45, 7) is 14.3. The van der Waals surface area contributed by atoms with Gasteiger partial charge < -0.3 is 33.8 Å². The lowest BCUT2D eigenvalue weighted by atomic mass is 9.99. The molecule has 0 bridgehead atoms. The lowest BCUT2D eigenvalue weighted by Gasteiger charge is -2.21. The van der Waals surface area contributed by atoms with E-state index in [9.17, 15) is 43.2 Å². The second-order valence-corrected chi connectivity index (χ2v) is 35.5. The van der Waals surface area contributed by atoms with Crippen molar-refractivity contribution in [1.29, 1.82) is 0 Å². The van der Waals surface area contributed by atoms with Crippen molar-refractivity contribution in [3.05, 3.63) is 0 Å². The monoisotopic (exact) mass is 1540 g/mol. The first-order chi connectivity index (χ1) is 50.6. The molecule has 4 unspecified atom stereocenters. The lowest BCUT2D eigenvalue weighted by molar-refractivity contribution is -0.161. The molecule has 0 fully saturated rings. The van der Waals surface area contributed by atoms with Gasteiger partial charge in [0.1, 0.15) is 19.3 Å². The van der Waals surface area contributed by atoms with Gasteiger partial charge in [0.2, 0.25) is 0 Å². The summed E-state index contributed by atoms with van der Waals surface area (Å²) in [5.41, 5.74) is 0. The number of hydrogen-bond acceptors (Lipinski definition) is 15. The fourth-order valence-electron chi connectivity index (χ4n) is 13.3. The van der Waals surface area contributed by atoms with Crippen LogP contribution in [-0.2, 0) is 65.4 Å². The lowest BCUT2D eigenvalue weighted by Crippen LogP contribution is -2.30. The third kappa shape index (κ3) is 78.5. The summed E-state index contributed by atoms with van der Waals surface area (Å²) >= 11 is 0. The van der Waals surface area contributed by atoms with Crippen molar-refractivity contribution < 1.29 is 80.2 Å². The Kier molecular flexibility index (Phi) is 73.4. The maximum absolute atomic E-state index is 13.1. The van der Waals surface area contributed by atoms with Crippen LogP contribution in [0.15, 0.2) is 0 Å². The smallest absolute Gasteiger partial charge is 0.462 e. The van der Waals surface area contributed by atoms with E-state index in [1.807, 2.05) is 0 Å². The van der Waals surface area contributed by atoms with Crippen molar-refractivity contribution >= 4 is 39.5 Å². The predicted molar refractivity (Wildman–Crippen MR) is 432 cm³/mol. The Morgan fingerprint density at radius 3 is 0.676 bits per heavy atom. The van der Waals surface area contributed by atoms with Gasteiger partial charge in [-0.3, -0.25) is 37.3 Å². The number of ether oxygens (including phenoxy) is 4. The highest BCUT2D eigenvalue weighted by molar-refractivity contribution is 7.47. The molecule has 17 nitrogen and oxygen atoms in total. The molecule has 0 heterocycles. The van der Waals surface area contributed by atoms with E-state index in [0.717, 1.165) is 114 Å². The minimum atomic E-state index is -4.97. The number of aliphatic hydroxyl groups excluding tert-OH is 1. The molecule has 105 heavy (non-hydrogen) atoms. The van der Waals surface area contributed by atoms with Crippen LogP contribution in [0.3, 0.4) is 0 Å². The summed E-state index contributed by atoms with van der Waals surface area (Å²) in [6.07, 6.45) is 64.1. The Balaban J connectivity index is 5.20. The molecule has 0 aliphatic rings. The Labute approximate surface area is 645 Å². The summed E-state index contributed by atoms with van der Waals surface area (Å²) in [5, 5.41) is 10.7. The zero-order valence-electron chi connectivity index (χ0n) is 69.4. The molecule has 0 saturated carbocycles. The van der Waals surface area contributed by atoms with E-state index in [2.05, 4.69) is 55.4 Å². The summed E-state index contributed by atoms with van der Waals surface area (Å²) in [5.74, 6) is 1.02. The molecule has 0 aromatic rings. The van der Waals surface area contributed by atoms with Crippen molar-refractivity contribution in [3.8, 4) is 0 Å². The third-order valence-corrected chi connectivity index (χ3v) is 22.3. The zero-order chi connectivity index (χ0) is 77.4. The second kappa shape index (κ2) is 74.8. The van der Waals surface area contributed by atoms with Gasteiger partial charge in [-0.15, -0.1) is 0 Å². The number of carbonyl (C=O) groups is 4. The van der Waals surface area contributed by atoms with Gasteiger partial charge >= 0.3 is 39.5 Å². The van der Waals surface area contributed by atoms with E-state index in [1.165, 1.54) is 244 Å². The van der Waals surface area contributed by atoms with Crippen LogP contribution in [0.1, 0.15) is 447 Å². The fourth-order valence-corrected chi connectivity index (χ4v) is 14.9. The molecule has 0 aliphatic heterocycles. The summed E-state index contributed by atoms with van der Waals surface area (Å²) < 4.78 is 68.8. The number of carbonyl (C=O) groups excluding carboxylic acids is 4. The van der Waals surface area contributed by atoms with Crippen LogP contribution in [0.5, 0.6) is 0 Å². The van der Waals surface area contributed by atoms with Gasteiger partial charge in [0, 0.05) is 25.7 Å². The van der Waals surface area contributed by atoms with E-state index < -0.39 is 97.5 Å². The minimum absolute atomic E-state index is 0.104. The highest BCUT2D eigenvalue weighted by atomic mass is 31.2. The Hall–Kier alpha value is -1.94. The molecule has 3 N–H and O–H groups in total. The number of phosphoric ester groups is 2. The number of phosphoric acid groups is 2. The van der Waals surface area contributed by atoms with Crippen molar-refractivity contribution in [2.45, 2.75) is 465 Å². The number of rotatable bonds is 83. The van der Waals surface area contributed by atoms with Crippen LogP contribution in [0, 0.1) is 23.7 Å². The first-order valence-corrected chi connectivity index (χ1v) is 47.2. The van der Waals surface area contributed by atoms with Crippen molar-refractivity contribution in [2.24, 2.45) is 23.7 Å². The van der Waals surface area contributed by atoms with E-state index >= 15 is 0 Å². The van der Waals surface area contributed by atoms with E-state index in [4.69, 9.17) is 37.0 Å². The predicted octanol–water partition coefficient (Wildman–Crippen LogP) is 25.9. The van der Waals surface area contributed by atoms with E-state index in [0.29, 0.717) is 31.6 Å². The molecule has 624 valence electrons. The van der Waals surface area contributed by atoms with Crippen molar-refractivity contribution in [3.63, 3.8) is 0 Å². The summed E-state index contributed by atoms with van der Waals surface area (Å²) in [6, 6.07) is 0. The second-order valence-electron chi connectivity index (χ2n) is 32.6. The largest absolute Gasteiger partial charge is 0.472 e. The Morgan fingerprint density at radius 2 is 0.457 bits per heavy atom. The molecular weight excluding hydrogens is 1370 g/mol. The zero-order valence-corrected chi connectivity index (χ0v) is 71.2. The molecule has 0 amide bonds. The number of unbranched alkanes of at least 4 members (excludes halogenated alkanes) is 48. The van der Waals surface area contributed by atoms with Crippen LogP contribution in [-0.4, -0.2) is 96.7 Å². The SMILES string of the molecule is CCC(C)CCCCCCCCCCCCCCCCCCCCC(=O)O[C@H](COC(=O)CCCCCCCCCCCCCCCCCCCCC(C)C)COP(=O)(O)OCC(O)COP(=O)(O)OC[C@@H](COC(=O)CCCCCCCCCC(C)C)OC(=O)CCCCCCCCCCCC(C)C. The first-order valence-electron chi connectivity index (χ1n) is 44.2. The molecule has 19 heteroatoms. The number of aliphatic hydroxyl groups is 1. The van der Waals surface area contributed by atoms with Crippen LogP contribution in [0.25, 0.3) is 0 Å². The molecule has 0 spiro atoms. The van der Waals surface area contributed by atoms with Gasteiger partial charge in [-0.1, -0.05) is 396 Å². The van der Waals surface area contributed by atoms with Gasteiger partial charge in [-0.25, -0.2) is 9.13 Å². The summed E-state index contributed by atoms with van der Waals surface area (Å²) in [4.78, 5) is 73.1. The molecule has 0 aromatic carbocycles. The highest BCUT2D eigenvalue weighted by Crippen LogP contribution is 2.45. The van der Waals surface area contributed by atoms with Crippen LogP contribution < -0.4 is 0 Å². The quantitative estimate of drug-likeness (QED) is 0.0222. The molecule has 0 rings (SSSR count). The van der Waals surface area contributed by atoms with Gasteiger partial charge in [-0.05, 0) is 49.4 Å². The first kappa shape index (κ1) is 103. The van der Waals surface area contributed by atoms with Crippen molar-refractivity contribution in [2.75, 3.05) is 39.6 Å². The molecule has 0 aromatic heterocycles. The molecule has 0 aliphatic carbocycles. The average Bonchev–Trinajstić information content (AvgIpc) is 0.908. The topological polar surface area (TPSA) is 237 Å². The Morgan fingerprint density at radius 1 is 0.267 bits per heavy atom. The average molecular weight is 1540 g/mol. The fraction of sp³-hybridized carbons (Fsp3) is 0.953. The molecule has 0 radical (unpaired) electrons. The van der Waals surface area contributed by atoms with Crippen LogP contribution in [0.2, 0.25) is 0 Å². The molecule has 0 saturated heterocycles. The van der Waals surface area contributed by atoms with Crippen LogP contribution in [0.4, 0.5) is 0 Å². The standard InChI is InChI=1S/C86H168O17P2/c1-9-79(8)65-57-49-41-33-27-23-19-15-11-13-17-21-25-29-35-43-52-60-68-85(90)102-81(72-96-83(88)66-58-50-42-34-28-24-20-16-12-10-14-18-22-26-31-38-46-54-62-76(2)3)74-100-104(92,93)98-70-80(87)71-99-105(94,95)101-75-82(73-97-84(89)67-59-51-45-37-40-48-56-64-78(6)7)103-86(91)69-61-53-44-36-30-32-39-47-55-63-77(4)5/h76-82,87H,9-75H2,1-8H3,(H,92,93)(H,94,95)/t79?,80?,81-,82-/m1/s1. The normalized spacial score (nSPS) is 14.2. The van der Waals surface area contributed by atoms with Gasteiger partial charge in [0.25, 0.3) is 0 Å². The van der Waals surface area contributed by atoms with Gasteiger partial charge in [0.05, 0.1) is 26.4 Å². The molecule has 6 atom stereocenters. The number of hydrogen-bond donors (Lipinski definition) is 3. The van der Waals surface area contributed by atoms with Crippen LogP contribution >= 0.6 is 15.6 Å². The van der Waals surface area contributed by atoms with E-state index in [1.54, 1.807) is 0 Å². The van der Waals surface area contributed by atoms with Crippen molar-refractivity contribution in [1.82, 2.24) is 0 Å². The van der Waals surface area contributed by atoms with Gasteiger partial charge in [0.15, 0.2) is 12.2 Å². The maximum Gasteiger partial charge on any atom is 0.472 e. The number of esters is 4. The Bertz CT molecular complexity index is 2040. The molecular formula is C86H168O17P2. The highest BCUT2D eigenvalue weighted by Gasteiger charge is 2.31.